The highest BCUT2D eigenvalue weighted by Gasteiger charge is 2.28. The van der Waals surface area contributed by atoms with Gasteiger partial charge in [0.15, 0.2) is 0 Å². The average Bonchev–Trinajstić information content (AvgIpc) is 2.85. The molecule has 1 amide bonds. The summed E-state index contributed by atoms with van der Waals surface area (Å²) < 4.78 is 0. The SMILES string of the molecule is Cc1nccc([C@H]2CCCN(C(=O)c3sc(C)nc3C)C2)n1. The molecule has 0 saturated carbocycles. The molecule has 2 aromatic rings. The first kappa shape index (κ1) is 15.1. The normalized spacial score (nSPS) is 18.5. The van der Waals surface area contributed by atoms with E-state index in [9.17, 15) is 4.79 Å². The Morgan fingerprint density at radius 3 is 2.82 bits per heavy atom. The maximum atomic E-state index is 12.7. The van der Waals surface area contributed by atoms with Crippen LogP contribution in [-0.2, 0) is 0 Å². The van der Waals surface area contributed by atoms with Gasteiger partial charge in [0.05, 0.1) is 10.7 Å². The number of piperidine rings is 1. The molecule has 0 N–H and O–H groups in total. The standard InChI is InChI=1S/C16H20N4OS/c1-10-15(22-12(3)18-10)16(21)20-8-4-5-13(9-20)14-6-7-17-11(2)19-14/h6-7,13H,4-5,8-9H2,1-3H3/t13-/m0/s1. The van der Waals surface area contributed by atoms with E-state index in [0.29, 0.717) is 5.92 Å². The lowest BCUT2D eigenvalue weighted by Crippen LogP contribution is -2.39. The number of hydrogen-bond acceptors (Lipinski definition) is 5. The second-order valence-electron chi connectivity index (χ2n) is 5.77. The minimum Gasteiger partial charge on any atom is -0.337 e. The van der Waals surface area contributed by atoms with E-state index in [1.165, 1.54) is 11.3 Å². The van der Waals surface area contributed by atoms with Crippen LogP contribution in [0.15, 0.2) is 12.3 Å². The van der Waals surface area contributed by atoms with Crippen molar-refractivity contribution in [3.8, 4) is 0 Å². The molecule has 6 heteroatoms. The highest BCUT2D eigenvalue weighted by atomic mass is 32.1. The number of amides is 1. The summed E-state index contributed by atoms with van der Waals surface area (Å²) in [6.07, 6.45) is 3.88. The van der Waals surface area contributed by atoms with Crippen LogP contribution in [0, 0.1) is 20.8 Å². The number of aromatic nitrogens is 3. The lowest BCUT2D eigenvalue weighted by atomic mass is 9.94. The molecule has 0 aliphatic carbocycles. The molecule has 0 radical (unpaired) electrons. The zero-order chi connectivity index (χ0) is 15.7. The molecule has 22 heavy (non-hydrogen) atoms. The van der Waals surface area contributed by atoms with Gasteiger partial charge < -0.3 is 4.90 Å². The van der Waals surface area contributed by atoms with Crippen LogP contribution in [0.5, 0.6) is 0 Å². The highest BCUT2D eigenvalue weighted by Crippen LogP contribution is 2.28. The van der Waals surface area contributed by atoms with Crippen molar-refractivity contribution in [2.24, 2.45) is 0 Å². The molecule has 0 aromatic carbocycles. The summed E-state index contributed by atoms with van der Waals surface area (Å²) in [5, 5.41) is 0.945. The molecule has 1 fully saturated rings. The maximum absolute atomic E-state index is 12.7. The molecule has 1 saturated heterocycles. The van der Waals surface area contributed by atoms with Crippen molar-refractivity contribution in [3.63, 3.8) is 0 Å². The third-order valence-corrected chi connectivity index (χ3v) is 5.08. The molecule has 5 nitrogen and oxygen atoms in total. The smallest absolute Gasteiger partial charge is 0.265 e. The fraction of sp³-hybridized carbons (Fsp3) is 0.500. The van der Waals surface area contributed by atoms with Crippen LogP contribution < -0.4 is 0 Å². The van der Waals surface area contributed by atoms with Crippen molar-refractivity contribution in [1.29, 1.82) is 0 Å². The fourth-order valence-electron chi connectivity index (χ4n) is 2.98. The van der Waals surface area contributed by atoms with Crippen molar-refractivity contribution in [1.82, 2.24) is 19.9 Å². The van der Waals surface area contributed by atoms with E-state index in [4.69, 9.17) is 0 Å². The van der Waals surface area contributed by atoms with Crippen LogP contribution in [-0.4, -0.2) is 38.8 Å². The van der Waals surface area contributed by atoms with E-state index in [2.05, 4.69) is 15.0 Å². The Morgan fingerprint density at radius 1 is 1.32 bits per heavy atom. The number of rotatable bonds is 2. The van der Waals surface area contributed by atoms with Crippen LogP contribution >= 0.6 is 11.3 Å². The molecule has 1 aliphatic heterocycles. The maximum Gasteiger partial charge on any atom is 0.265 e. The second kappa shape index (κ2) is 6.12. The molecule has 2 aromatic heterocycles. The number of aryl methyl sites for hydroxylation is 3. The molecule has 0 unspecified atom stereocenters. The summed E-state index contributed by atoms with van der Waals surface area (Å²) in [5.74, 6) is 1.20. The van der Waals surface area contributed by atoms with Gasteiger partial charge in [-0.25, -0.2) is 15.0 Å². The van der Waals surface area contributed by atoms with Crippen molar-refractivity contribution in [2.45, 2.75) is 39.5 Å². The lowest BCUT2D eigenvalue weighted by molar-refractivity contribution is 0.0710. The van der Waals surface area contributed by atoms with Gasteiger partial charge in [-0.15, -0.1) is 11.3 Å². The van der Waals surface area contributed by atoms with Crippen LogP contribution in [0.25, 0.3) is 0 Å². The van der Waals surface area contributed by atoms with E-state index in [1.807, 2.05) is 31.7 Å². The van der Waals surface area contributed by atoms with Gasteiger partial charge in [0, 0.05) is 30.9 Å². The Kier molecular flexibility index (Phi) is 4.20. The number of carbonyl (C=O) groups is 1. The van der Waals surface area contributed by atoms with E-state index >= 15 is 0 Å². The van der Waals surface area contributed by atoms with Gasteiger partial charge in [-0.2, -0.15) is 0 Å². The quantitative estimate of drug-likeness (QED) is 0.855. The average molecular weight is 316 g/mol. The Bertz CT molecular complexity index is 697. The first-order valence-corrected chi connectivity index (χ1v) is 8.39. The summed E-state index contributed by atoms with van der Waals surface area (Å²) in [7, 11) is 0. The molecule has 1 aliphatic rings. The van der Waals surface area contributed by atoms with Crippen LogP contribution in [0.3, 0.4) is 0 Å². The molecule has 116 valence electrons. The summed E-state index contributed by atoms with van der Waals surface area (Å²) in [6.45, 7) is 7.29. The van der Waals surface area contributed by atoms with Crippen molar-refractivity contribution < 1.29 is 4.79 Å². The number of nitrogens with zero attached hydrogens (tertiary/aromatic N) is 4. The zero-order valence-corrected chi connectivity index (χ0v) is 14.0. The molecule has 1 atom stereocenters. The number of thiazole rings is 1. The number of carbonyl (C=O) groups excluding carboxylic acids is 1. The Morgan fingerprint density at radius 2 is 2.14 bits per heavy atom. The first-order chi connectivity index (χ1) is 10.5. The molecule has 3 heterocycles. The van der Waals surface area contributed by atoms with Gasteiger partial charge in [-0.05, 0) is 39.7 Å². The van der Waals surface area contributed by atoms with Gasteiger partial charge in [0.2, 0.25) is 0 Å². The molecule has 0 spiro atoms. The second-order valence-corrected chi connectivity index (χ2v) is 6.97. The summed E-state index contributed by atoms with van der Waals surface area (Å²) in [4.78, 5) is 28.5. The Labute approximate surface area is 134 Å². The van der Waals surface area contributed by atoms with Gasteiger partial charge in [-0.1, -0.05) is 0 Å². The summed E-state index contributed by atoms with van der Waals surface area (Å²) in [5.41, 5.74) is 1.88. The minimum absolute atomic E-state index is 0.110. The highest BCUT2D eigenvalue weighted by molar-refractivity contribution is 7.13. The number of likely N-dealkylation sites (tertiary alicyclic amines) is 1. The van der Waals surface area contributed by atoms with Gasteiger partial charge in [-0.3, -0.25) is 4.79 Å². The van der Waals surface area contributed by atoms with E-state index in [-0.39, 0.29) is 5.91 Å². The largest absolute Gasteiger partial charge is 0.337 e. The molecule has 3 rings (SSSR count). The lowest BCUT2D eigenvalue weighted by Gasteiger charge is -2.32. The zero-order valence-electron chi connectivity index (χ0n) is 13.2. The van der Waals surface area contributed by atoms with E-state index in [1.54, 1.807) is 6.20 Å². The third-order valence-electron chi connectivity index (χ3n) is 4.02. The number of hydrogen-bond donors (Lipinski definition) is 0. The van der Waals surface area contributed by atoms with Crippen molar-refractivity contribution in [3.05, 3.63) is 39.4 Å². The molecular weight excluding hydrogens is 296 g/mol. The Balaban J connectivity index is 1.78. The van der Waals surface area contributed by atoms with Crippen LogP contribution in [0.4, 0.5) is 0 Å². The monoisotopic (exact) mass is 316 g/mol. The van der Waals surface area contributed by atoms with Gasteiger partial charge in [0.25, 0.3) is 5.91 Å². The molecule has 0 bridgehead atoms. The minimum atomic E-state index is 0.110. The topological polar surface area (TPSA) is 59.0 Å². The van der Waals surface area contributed by atoms with Gasteiger partial charge in [0.1, 0.15) is 10.7 Å². The summed E-state index contributed by atoms with van der Waals surface area (Å²) >= 11 is 1.49. The van der Waals surface area contributed by atoms with E-state index < -0.39 is 0 Å². The van der Waals surface area contributed by atoms with Gasteiger partial charge >= 0.3 is 0 Å². The van der Waals surface area contributed by atoms with Crippen LogP contribution in [0.2, 0.25) is 0 Å². The summed E-state index contributed by atoms with van der Waals surface area (Å²) in [6, 6.07) is 1.97. The first-order valence-electron chi connectivity index (χ1n) is 7.57. The van der Waals surface area contributed by atoms with E-state index in [0.717, 1.165) is 53.0 Å². The molecular formula is C16H20N4OS. The predicted octanol–water partition coefficient (Wildman–Crippen LogP) is 2.88. The van der Waals surface area contributed by atoms with Crippen molar-refractivity contribution >= 4 is 17.2 Å². The Hall–Kier alpha value is -1.82. The predicted molar refractivity (Wildman–Crippen MR) is 86.2 cm³/mol. The fourth-order valence-corrected chi connectivity index (χ4v) is 3.87. The van der Waals surface area contributed by atoms with Crippen molar-refractivity contribution in [2.75, 3.05) is 13.1 Å². The van der Waals surface area contributed by atoms with Crippen LogP contribution in [0.1, 0.15) is 50.7 Å². The third kappa shape index (κ3) is 3.02.